The number of methoxy groups -OCH3 is 1. The third kappa shape index (κ3) is 1.18. The number of nitrogens with two attached hydrogens (primary N) is 1. The number of pyridine rings is 1. The first-order valence-electron chi connectivity index (χ1n) is 4.42. The molecule has 14 heavy (non-hydrogen) atoms. The van der Waals surface area contributed by atoms with Gasteiger partial charge in [0.25, 0.3) is 0 Å². The Labute approximate surface area is 82.5 Å². The summed E-state index contributed by atoms with van der Waals surface area (Å²) in [5.74, 6) is 1.29. The molecule has 3 nitrogen and oxygen atoms in total. The van der Waals surface area contributed by atoms with Gasteiger partial charge in [-0.3, -0.25) is 0 Å². The first-order chi connectivity index (χ1) is 6.74. The van der Waals surface area contributed by atoms with Crippen LogP contribution in [0.3, 0.4) is 0 Å². The zero-order valence-corrected chi connectivity index (χ0v) is 8.24. The third-order valence-corrected chi connectivity index (χ3v) is 2.32. The smallest absolute Gasteiger partial charge is 0.135 e. The lowest BCUT2D eigenvalue weighted by Gasteiger charge is -2.08. The summed E-state index contributed by atoms with van der Waals surface area (Å²) < 4.78 is 5.24. The Morgan fingerprint density at radius 1 is 1.36 bits per heavy atom. The van der Waals surface area contributed by atoms with Crippen LogP contribution in [0, 0.1) is 6.92 Å². The molecular weight excluding hydrogens is 176 g/mol. The van der Waals surface area contributed by atoms with Crippen molar-refractivity contribution in [1.82, 2.24) is 4.98 Å². The molecule has 0 bridgehead atoms. The van der Waals surface area contributed by atoms with Crippen LogP contribution in [-0.4, -0.2) is 12.1 Å². The summed E-state index contributed by atoms with van der Waals surface area (Å²) in [6, 6.07) is 5.86. The highest BCUT2D eigenvalue weighted by Crippen LogP contribution is 2.30. The van der Waals surface area contributed by atoms with Gasteiger partial charge in [0.2, 0.25) is 0 Å². The van der Waals surface area contributed by atoms with Crippen molar-refractivity contribution in [3.05, 3.63) is 30.0 Å². The second-order valence-electron chi connectivity index (χ2n) is 3.21. The van der Waals surface area contributed by atoms with Crippen LogP contribution in [-0.2, 0) is 0 Å². The molecule has 0 fully saturated rings. The molecule has 0 spiro atoms. The van der Waals surface area contributed by atoms with E-state index in [2.05, 4.69) is 4.98 Å². The lowest BCUT2D eigenvalue weighted by molar-refractivity contribution is 0.420. The van der Waals surface area contributed by atoms with Crippen molar-refractivity contribution in [2.45, 2.75) is 6.92 Å². The SMILES string of the molecule is COc1cccc2c(C)cnc(N)c12. The Bertz CT molecular complexity index is 480. The summed E-state index contributed by atoms with van der Waals surface area (Å²) in [4.78, 5) is 4.11. The van der Waals surface area contributed by atoms with E-state index in [0.717, 1.165) is 22.1 Å². The van der Waals surface area contributed by atoms with Crippen molar-refractivity contribution in [3.8, 4) is 5.75 Å². The fourth-order valence-electron chi connectivity index (χ4n) is 1.59. The molecule has 3 heteroatoms. The largest absolute Gasteiger partial charge is 0.496 e. The lowest BCUT2D eigenvalue weighted by atomic mass is 10.1. The summed E-state index contributed by atoms with van der Waals surface area (Å²) >= 11 is 0. The van der Waals surface area contributed by atoms with Crippen molar-refractivity contribution in [3.63, 3.8) is 0 Å². The van der Waals surface area contributed by atoms with Crippen molar-refractivity contribution >= 4 is 16.6 Å². The molecule has 0 unspecified atom stereocenters. The molecule has 0 saturated carbocycles. The van der Waals surface area contributed by atoms with E-state index in [4.69, 9.17) is 10.5 Å². The number of aromatic nitrogens is 1. The zero-order chi connectivity index (χ0) is 10.1. The van der Waals surface area contributed by atoms with Crippen LogP contribution in [0.2, 0.25) is 0 Å². The normalized spacial score (nSPS) is 10.4. The number of aryl methyl sites for hydroxylation is 1. The van der Waals surface area contributed by atoms with E-state index in [1.165, 1.54) is 0 Å². The Hall–Kier alpha value is -1.77. The molecule has 72 valence electrons. The third-order valence-electron chi connectivity index (χ3n) is 2.32. The number of benzene rings is 1. The van der Waals surface area contributed by atoms with Crippen LogP contribution in [0.25, 0.3) is 10.8 Å². The number of rotatable bonds is 1. The van der Waals surface area contributed by atoms with Crippen LogP contribution in [0.4, 0.5) is 5.82 Å². The second-order valence-corrected chi connectivity index (χ2v) is 3.21. The highest BCUT2D eigenvalue weighted by molar-refractivity contribution is 5.97. The minimum Gasteiger partial charge on any atom is -0.496 e. The molecule has 2 aromatic rings. The Morgan fingerprint density at radius 2 is 2.14 bits per heavy atom. The number of anilines is 1. The molecule has 2 rings (SSSR count). The molecule has 1 aromatic heterocycles. The second kappa shape index (κ2) is 3.18. The van der Waals surface area contributed by atoms with Crippen molar-refractivity contribution in [2.75, 3.05) is 12.8 Å². The van der Waals surface area contributed by atoms with Crippen LogP contribution in [0.5, 0.6) is 5.75 Å². The van der Waals surface area contributed by atoms with Crippen molar-refractivity contribution in [2.24, 2.45) is 0 Å². The molecule has 0 radical (unpaired) electrons. The van der Waals surface area contributed by atoms with Crippen LogP contribution >= 0.6 is 0 Å². The van der Waals surface area contributed by atoms with Gasteiger partial charge in [0, 0.05) is 6.20 Å². The highest BCUT2D eigenvalue weighted by Gasteiger charge is 2.07. The minimum absolute atomic E-state index is 0.517. The topological polar surface area (TPSA) is 48.1 Å². The summed E-state index contributed by atoms with van der Waals surface area (Å²) in [6.45, 7) is 2.01. The van der Waals surface area contributed by atoms with Gasteiger partial charge in [-0.05, 0) is 23.9 Å². The molecule has 0 amide bonds. The molecule has 0 aliphatic rings. The highest BCUT2D eigenvalue weighted by atomic mass is 16.5. The molecule has 2 N–H and O–H groups in total. The van der Waals surface area contributed by atoms with Crippen LogP contribution in [0.15, 0.2) is 24.4 Å². The van der Waals surface area contributed by atoms with E-state index >= 15 is 0 Å². The quantitative estimate of drug-likeness (QED) is 0.745. The van der Waals surface area contributed by atoms with Crippen LogP contribution < -0.4 is 10.5 Å². The van der Waals surface area contributed by atoms with E-state index in [9.17, 15) is 0 Å². The Balaban J connectivity index is 2.92. The maximum Gasteiger partial charge on any atom is 0.135 e. The van der Waals surface area contributed by atoms with Crippen LogP contribution in [0.1, 0.15) is 5.56 Å². The standard InChI is InChI=1S/C11H12N2O/c1-7-6-13-11(12)10-8(7)4-3-5-9(10)14-2/h3-6H,1-2H3,(H2,12,13). The molecule has 0 atom stereocenters. The maximum atomic E-state index is 5.81. The van der Waals surface area contributed by atoms with E-state index in [1.807, 2.05) is 25.1 Å². The maximum absolute atomic E-state index is 5.81. The number of hydrogen-bond acceptors (Lipinski definition) is 3. The van der Waals surface area contributed by atoms with E-state index in [-0.39, 0.29) is 0 Å². The van der Waals surface area contributed by atoms with Gasteiger partial charge in [0.1, 0.15) is 11.6 Å². The van der Waals surface area contributed by atoms with Gasteiger partial charge in [0.05, 0.1) is 12.5 Å². The van der Waals surface area contributed by atoms with Gasteiger partial charge in [-0.25, -0.2) is 4.98 Å². The van der Waals surface area contributed by atoms with Crippen molar-refractivity contribution < 1.29 is 4.74 Å². The van der Waals surface area contributed by atoms with Gasteiger partial charge in [-0.1, -0.05) is 12.1 Å². The lowest BCUT2D eigenvalue weighted by Crippen LogP contribution is -1.95. The summed E-state index contributed by atoms with van der Waals surface area (Å²) in [5, 5.41) is 1.99. The molecular formula is C11H12N2O. The fraction of sp³-hybridized carbons (Fsp3) is 0.182. The number of fused-ring (bicyclic) bond motifs is 1. The molecule has 0 saturated heterocycles. The van der Waals surface area contributed by atoms with E-state index in [0.29, 0.717) is 5.82 Å². The van der Waals surface area contributed by atoms with E-state index < -0.39 is 0 Å². The summed E-state index contributed by atoms with van der Waals surface area (Å²) in [5.41, 5.74) is 6.92. The Morgan fingerprint density at radius 3 is 2.86 bits per heavy atom. The average molecular weight is 188 g/mol. The van der Waals surface area contributed by atoms with Gasteiger partial charge in [0.15, 0.2) is 0 Å². The average Bonchev–Trinajstić information content (AvgIpc) is 2.23. The van der Waals surface area contributed by atoms with Gasteiger partial charge >= 0.3 is 0 Å². The summed E-state index contributed by atoms with van der Waals surface area (Å²) in [7, 11) is 1.64. The molecule has 1 heterocycles. The number of ether oxygens (including phenoxy) is 1. The van der Waals surface area contributed by atoms with Crippen molar-refractivity contribution in [1.29, 1.82) is 0 Å². The molecule has 0 aliphatic heterocycles. The number of hydrogen-bond donors (Lipinski definition) is 1. The molecule has 1 aromatic carbocycles. The van der Waals surface area contributed by atoms with Gasteiger partial charge < -0.3 is 10.5 Å². The number of nitrogens with zero attached hydrogens (tertiary/aromatic N) is 1. The minimum atomic E-state index is 0.517. The number of nitrogen functional groups attached to an aromatic ring is 1. The van der Waals surface area contributed by atoms with E-state index in [1.54, 1.807) is 13.3 Å². The zero-order valence-electron chi connectivity index (χ0n) is 8.24. The van der Waals surface area contributed by atoms with Gasteiger partial charge in [-0.15, -0.1) is 0 Å². The van der Waals surface area contributed by atoms with Gasteiger partial charge in [-0.2, -0.15) is 0 Å². The predicted octanol–water partition coefficient (Wildman–Crippen LogP) is 2.13. The Kier molecular flexibility index (Phi) is 2.00. The summed E-state index contributed by atoms with van der Waals surface area (Å²) in [6.07, 6.45) is 1.77. The fourth-order valence-corrected chi connectivity index (χ4v) is 1.59. The first-order valence-corrected chi connectivity index (χ1v) is 4.42. The first kappa shape index (κ1) is 8.81. The molecule has 0 aliphatic carbocycles. The monoisotopic (exact) mass is 188 g/mol. The predicted molar refractivity (Wildman–Crippen MR) is 57.4 cm³/mol.